The molecule has 0 aliphatic heterocycles. The van der Waals surface area contributed by atoms with Crippen LogP contribution in [0.5, 0.6) is 0 Å². The van der Waals surface area contributed by atoms with Crippen LogP contribution in [0.2, 0.25) is 10.0 Å². The molecule has 0 bridgehead atoms. The van der Waals surface area contributed by atoms with E-state index < -0.39 is 0 Å². The lowest BCUT2D eigenvalue weighted by Crippen LogP contribution is -2.29. The second-order valence-corrected chi connectivity index (χ2v) is 4.51. The molecule has 1 rings (SSSR count). The molecule has 0 spiro atoms. The average molecular weight is 284 g/mol. The van der Waals surface area contributed by atoms with Crippen LogP contribution in [0.25, 0.3) is 6.08 Å². The minimum Gasteiger partial charge on any atom is -0.336 e. The fourth-order valence-corrected chi connectivity index (χ4v) is 1.91. The molecule has 1 amide bonds. The van der Waals surface area contributed by atoms with Gasteiger partial charge in [0.1, 0.15) is 0 Å². The van der Waals surface area contributed by atoms with Gasteiger partial charge in [-0.25, -0.2) is 0 Å². The van der Waals surface area contributed by atoms with Crippen LogP contribution in [0.1, 0.15) is 12.5 Å². The van der Waals surface area contributed by atoms with E-state index >= 15 is 0 Å². The Hall–Kier alpha value is -1.25. The predicted octanol–water partition coefficient (Wildman–Crippen LogP) is 4.04. The second-order valence-electron chi connectivity index (χ2n) is 3.66. The minimum absolute atomic E-state index is 0.0663. The van der Waals surface area contributed by atoms with E-state index in [1.165, 1.54) is 6.08 Å². The molecule has 0 saturated heterocycles. The first-order valence-corrected chi connectivity index (χ1v) is 6.37. The molecule has 4 heteroatoms. The Balaban J connectivity index is 2.79. The van der Waals surface area contributed by atoms with Crippen LogP contribution < -0.4 is 0 Å². The summed E-state index contributed by atoms with van der Waals surface area (Å²) in [7, 11) is 0. The van der Waals surface area contributed by atoms with Crippen molar-refractivity contribution in [3.05, 3.63) is 52.5 Å². The molecule has 0 N–H and O–H groups in total. The number of carbonyl (C=O) groups is 1. The largest absolute Gasteiger partial charge is 0.336 e. The zero-order valence-corrected chi connectivity index (χ0v) is 11.7. The van der Waals surface area contributed by atoms with Crippen molar-refractivity contribution in [2.45, 2.75) is 6.92 Å². The molecule has 1 aromatic rings. The van der Waals surface area contributed by atoms with Crippen LogP contribution in [-0.2, 0) is 4.79 Å². The SMILES string of the molecule is C=CCN(CC)C(=O)/C=C/c1ccc(Cl)cc1Cl. The van der Waals surface area contributed by atoms with Crippen molar-refractivity contribution < 1.29 is 4.79 Å². The molecule has 0 aliphatic rings. The van der Waals surface area contributed by atoms with Crippen LogP contribution in [0.15, 0.2) is 36.9 Å². The molecule has 18 heavy (non-hydrogen) atoms. The number of hydrogen-bond donors (Lipinski definition) is 0. The molecule has 0 unspecified atom stereocenters. The quantitative estimate of drug-likeness (QED) is 0.590. The maximum Gasteiger partial charge on any atom is 0.246 e. The number of nitrogens with zero attached hydrogens (tertiary/aromatic N) is 1. The van der Waals surface area contributed by atoms with Crippen LogP contribution >= 0.6 is 23.2 Å². The summed E-state index contributed by atoms with van der Waals surface area (Å²) >= 11 is 11.8. The number of amides is 1. The third-order valence-corrected chi connectivity index (χ3v) is 2.97. The normalized spacial score (nSPS) is 10.6. The Morgan fingerprint density at radius 1 is 1.44 bits per heavy atom. The number of carbonyl (C=O) groups excluding carboxylic acids is 1. The summed E-state index contributed by atoms with van der Waals surface area (Å²) in [5, 5.41) is 1.10. The van der Waals surface area contributed by atoms with E-state index in [2.05, 4.69) is 6.58 Å². The molecule has 0 atom stereocenters. The van der Waals surface area contributed by atoms with Crippen molar-refractivity contribution in [2.24, 2.45) is 0 Å². The summed E-state index contributed by atoms with van der Waals surface area (Å²) in [4.78, 5) is 13.5. The summed E-state index contributed by atoms with van der Waals surface area (Å²) in [6.45, 7) is 6.72. The van der Waals surface area contributed by atoms with Gasteiger partial charge in [0.15, 0.2) is 0 Å². The fraction of sp³-hybridized carbons (Fsp3) is 0.214. The standard InChI is InChI=1S/C14H15Cl2NO/c1-3-9-17(4-2)14(18)8-6-11-5-7-12(15)10-13(11)16/h3,5-8,10H,1,4,9H2,2H3/b8-6+. The van der Waals surface area contributed by atoms with Crippen molar-refractivity contribution in [3.8, 4) is 0 Å². The minimum atomic E-state index is -0.0663. The Labute approximate surface area is 117 Å². The highest BCUT2D eigenvalue weighted by atomic mass is 35.5. The fourth-order valence-electron chi connectivity index (χ4n) is 1.43. The van der Waals surface area contributed by atoms with E-state index in [9.17, 15) is 4.79 Å². The maximum atomic E-state index is 11.8. The van der Waals surface area contributed by atoms with Crippen LogP contribution in [0.3, 0.4) is 0 Å². The summed E-state index contributed by atoms with van der Waals surface area (Å²) in [5.41, 5.74) is 0.768. The topological polar surface area (TPSA) is 20.3 Å². The molecule has 0 aromatic heterocycles. The first kappa shape index (κ1) is 14.8. The Bertz CT molecular complexity index is 469. The summed E-state index contributed by atoms with van der Waals surface area (Å²) in [5.74, 6) is -0.0663. The number of rotatable bonds is 5. The lowest BCUT2D eigenvalue weighted by molar-refractivity contribution is -0.125. The number of hydrogen-bond acceptors (Lipinski definition) is 1. The molecule has 0 heterocycles. The van der Waals surface area contributed by atoms with Gasteiger partial charge in [-0.05, 0) is 30.7 Å². The summed E-state index contributed by atoms with van der Waals surface area (Å²) in [6, 6.07) is 5.16. The van der Waals surface area contributed by atoms with Gasteiger partial charge in [-0.1, -0.05) is 35.3 Å². The Morgan fingerprint density at radius 2 is 2.17 bits per heavy atom. The number of benzene rings is 1. The first-order valence-electron chi connectivity index (χ1n) is 5.61. The van der Waals surface area contributed by atoms with Gasteiger partial charge in [0, 0.05) is 29.2 Å². The van der Waals surface area contributed by atoms with E-state index in [1.807, 2.05) is 6.92 Å². The molecule has 0 saturated carbocycles. The van der Waals surface area contributed by atoms with E-state index in [0.29, 0.717) is 23.1 Å². The lowest BCUT2D eigenvalue weighted by Gasteiger charge is -2.16. The Kier molecular flexibility index (Phi) is 5.96. The molecule has 2 nitrogen and oxygen atoms in total. The maximum absolute atomic E-state index is 11.8. The zero-order valence-electron chi connectivity index (χ0n) is 10.2. The van der Waals surface area contributed by atoms with Gasteiger partial charge in [-0.15, -0.1) is 6.58 Å². The number of likely N-dealkylation sites (N-methyl/N-ethyl adjacent to an activating group) is 1. The van der Waals surface area contributed by atoms with Crippen molar-refractivity contribution in [1.29, 1.82) is 0 Å². The van der Waals surface area contributed by atoms with Crippen molar-refractivity contribution in [1.82, 2.24) is 4.90 Å². The molecule has 0 aliphatic carbocycles. The third-order valence-electron chi connectivity index (χ3n) is 2.41. The van der Waals surface area contributed by atoms with Gasteiger partial charge in [-0.2, -0.15) is 0 Å². The van der Waals surface area contributed by atoms with Gasteiger partial charge in [-0.3, -0.25) is 4.79 Å². The molecule has 96 valence electrons. The second kappa shape index (κ2) is 7.24. The monoisotopic (exact) mass is 283 g/mol. The van der Waals surface area contributed by atoms with Crippen LogP contribution in [0, 0.1) is 0 Å². The highest BCUT2D eigenvalue weighted by Gasteiger charge is 2.06. The van der Waals surface area contributed by atoms with Gasteiger partial charge in [0.05, 0.1) is 0 Å². The lowest BCUT2D eigenvalue weighted by atomic mass is 10.2. The summed E-state index contributed by atoms with van der Waals surface area (Å²) in [6.07, 6.45) is 4.89. The first-order chi connectivity index (χ1) is 8.58. The van der Waals surface area contributed by atoms with E-state index in [-0.39, 0.29) is 5.91 Å². The average Bonchev–Trinajstić information content (AvgIpc) is 2.34. The molecule has 1 aromatic carbocycles. The molecular weight excluding hydrogens is 269 g/mol. The van der Waals surface area contributed by atoms with Crippen molar-refractivity contribution in [2.75, 3.05) is 13.1 Å². The van der Waals surface area contributed by atoms with E-state index in [1.54, 1.807) is 35.3 Å². The van der Waals surface area contributed by atoms with Gasteiger partial charge in [0.2, 0.25) is 5.91 Å². The van der Waals surface area contributed by atoms with E-state index in [4.69, 9.17) is 23.2 Å². The molecular formula is C14H15Cl2NO. The van der Waals surface area contributed by atoms with Crippen molar-refractivity contribution >= 4 is 35.2 Å². The van der Waals surface area contributed by atoms with Crippen molar-refractivity contribution in [3.63, 3.8) is 0 Å². The van der Waals surface area contributed by atoms with Crippen LogP contribution in [-0.4, -0.2) is 23.9 Å². The third kappa shape index (κ3) is 4.21. The molecule has 0 fully saturated rings. The zero-order chi connectivity index (χ0) is 13.5. The predicted molar refractivity (Wildman–Crippen MR) is 77.9 cm³/mol. The molecule has 0 radical (unpaired) electrons. The number of halogens is 2. The highest BCUT2D eigenvalue weighted by Crippen LogP contribution is 2.21. The summed E-state index contributed by atoms with van der Waals surface area (Å²) < 4.78 is 0. The highest BCUT2D eigenvalue weighted by molar-refractivity contribution is 6.35. The van der Waals surface area contributed by atoms with Gasteiger partial charge < -0.3 is 4.90 Å². The van der Waals surface area contributed by atoms with Gasteiger partial charge in [0.25, 0.3) is 0 Å². The van der Waals surface area contributed by atoms with Gasteiger partial charge >= 0.3 is 0 Å². The smallest absolute Gasteiger partial charge is 0.246 e. The van der Waals surface area contributed by atoms with Crippen LogP contribution in [0.4, 0.5) is 0 Å². The Morgan fingerprint density at radius 3 is 2.72 bits per heavy atom. The van der Waals surface area contributed by atoms with E-state index in [0.717, 1.165) is 5.56 Å².